The van der Waals surface area contributed by atoms with E-state index < -0.39 is 0 Å². The van der Waals surface area contributed by atoms with Crippen LogP contribution in [0.3, 0.4) is 0 Å². The number of hydrogen-bond donors (Lipinski definition) is 1. The van der Waals surface area contributed by atoms with Gasteiger partial charge >= 0.3 is 0 Å². The summed E-state index contributed by atoms with van der Waals surface area (Å²) in [6, 6.07) is 7.02. The van der Waals surface area contributed by atoms with Crippen molar-refractivity contribution in [1.29, 1.82) is 0 Å². The minimum atomic E-state index is -0.161. The molecule has 2 rings (SSSR count). The molecule has 98 valence electrons. The molecule has 0 bridgehead atoms. The molecule has 2 aromatic rings. The standard InChI is InChI=1S/C14H12BrClN2O/c1-9-7-17-5-4-10(9)8-18-14(19)12-6-11(16)2-3-13(12)15/h2-7H,8H2,1H3,(H,18,19). The van der Waals surface area contributed by atoms with Crippen molar-refractivity contribution in [3.8, 4) is 0 Å². The van der Waals surface area contributed by atoms with Gasteiger partial charge in [-0.3, -0.25) is 9.78 Å². The average molecular weight is 340 g/mol. The summed E-state index contributed by atoms with van der Waals surface area (Å²) in [7, 11) is 0. The molecule has 0 unspecified atom stereocenters. The fourth-order valence-electron chi connectivity index (χ4n) is 1.64. The van der Waals surface area contributed by atoms with E-state index in [-0.39, 0.29) is 5.91 Å². The molecule has 0 spiro atoms. The molecule has 5 heteroatoms. The molecule has 1 heterocycles. The molecule has 1 aromatic carbocycles. The van der Waals surface area contributed by atoms with E-state index in [0.29, 0.717) is 17.1 Å². The van der Waals surface area contributed by atoms with Crippen molar-refractivity contribution < 1.29 is 4.79 Å². The summed E-state index contributed by atoms with van der Waals surface area (Å²) in [4.78, 5) is 16.1. The topological polar surface area (TPSA) is 42.0 Å². The molecular weight excluding hydrogens is 328 g/mol. The normalized spacial score (nSPS) is 10.3. The zero-order valence-electron chi connectivity index (χ0n) is 10.3. The molecule has 0 radical (unpaired) electrons. The van der Waals surface area contributed by atoms with Gasteiger partial charge in [-0.1, -0.05) is 11.6 Å². The summed E-state index contributed by atoms with van der Waals surface area (Å²) in [5.41, 5.74) is 2.62. The second-order valence-electron chi connectivity index (χ2n) is 4.11. The summed E-state index contributed by atoms with van der Waals surface area (Å²) in [5, 5.41) is 3.40. The van der Waals surface area contributed by atoms with E-state index in [1.165, 1.54) is 0 Å². The van der Waals surface area contributed by atoms with Crippen LogP contribution in [0, 0.1) is 6.92 Å². The second kappa shape index (κ2) is 6.17. The van der Waals surface area contributed by atoms with Crippen LogP contribution >= 0.6 is 27.5 Å². The highest BCUT2D eigenvalue weighted by Crippen LogP contribution is 2.21. The third-order valence-electron chi connectivity index (χ3n) is 2.75. The van der Waals surface area contributed by atoms with Crippen molar-refractivity contribution in [1.82, 2.24) is 10.3 Å². The van der Waals surface area contributed by atoms with Crippen LogP contribution in [-0.4, -0.2) is 10.9 Å². The molecule has 3 nitrogen and oxygen atoms in total. The van der Waals surface area contributed by atoms with Gasteiger partial charge in [-0.25, -0.2) is 0 Å². The average Bonchev–Trinajstić information content (AvgIpc) is 2.40. The van der Waals surface area contributed by atoms with Crippen LogP contribution in [-0.2, 0) is 6.54 Å². The minimum Gasteiger partial charge on any atom is -0.348 e. The number of amides is 1. The lowest BCUT2D eigenvalue weighted by molar-refractivity contribution is 0.0950. The second-order valence-corrected chi connectivity index (χ2v) is 5.40. The lowest BCUT2D eigenvalue weighted by atomic mass is 10.1. The summed E-state index contributed by atoms with van der Waals surface area (Å²) < 4.78 is 0.723. The van der Waals surface area contributed by atoms with Crippen molar-refractivity contribution >= 4 is 33.4 Å². The number of aromatic nitrogens is 1. The molecule has 0 aliphatic rings. The number of carbonyl (C=O) groups excluding carboxylic acids is 1. The fourth-order valence-corrected chi connectivity index (χ4v) is 2.24. The predicted molar refractivity (Wildman–Crippen MR) is 79.3 cm³/mol. The molecule has 1 N–H and O–H groups in total. The van der Waals surface area contributed by atoms with Gasteiger partial charge in [-0.15, -0.1) is 0 Å². The maximum absolute atomic E-state index is 12.1. The Hall–Kier alpha value is -1.39. The van der Waals surface area contributed by atoms with Gasteiger partial charge in [-0.05, 0) is 58.2 Å². The van der Waals surface area contributed by atoms with E-state index in [1.54, 1.807) is 30.6 Å². The van der Waals surface area contributed by atoms with E-state index >= 15 is 0 Å². The number of hydrogen-bond acceptors (Lipinski definition) is 2. The quantitative estimate of drug-likeness (QED) is 0.925. The van der Waals surface area contributed by atoms with Crippen LogP contribution in [0.2, 0.25) is 5.02 Å². The van der Waals surface area contributed by atoms with Gasteiger partial charge < -0.3 is 5.32 Å². The lowest BCUT2D eigenvalue weighted by Gasteiger charge is -2.09. The molecule has 1 aromatic heterocycles. The first-order valence-electron chi connectivity index (χ1n) is 5.70. The Labute approximate surface area is 125 Å². The Balaban J connectivity index is 2.10. The number of nitrogens with zero attached hydrogens (tertiary/aromatic N) is 1. The first-order chi connectivity index (χ1) is 9.08. The van der Waals surface area contributed by atoms with Gasteiger partial charge in [0.1, 0.15) is 0 Å². The number of aryl methyl sites for hydroxylation is 1. The molecule has 1 amide bonds. The molecular formula is C14H12BrClN2O. The Kier molecular flexibility index (Phi) is 4.56. The SMILES string of the molecule is Cc1cnccc1CNC(=O)c1cc(Cl)ccc1Br. The number of nitrogens with one attached hydrogen (secondary N) is 1. The Morgan fingerprint density at radius 3 is 2.95 bits per heavy atom. The molecule has 19 heavy (non-hydrogen) atoms. The van der Waals surface area contributed by atoms with Crippen LogP contribution in [0.25, 0.3) is 0 Å². The van der Waals surface area contributed by atoms with Crippen LogP contribution in [0.15, 0.2) is 41.1 Å². The van der Waals surface area contributed by atoms with Crippen molar-refractivity contribution in [3.63, 3.8) is 0 Å². The Morgan fingerprint density at radius 1 is 1.42 bits per heavy atom. The lowest BCUT2D eigenvalue weighted by Crippen LogP contribution is -2.23. The fraction of sp³-hybridized carbons (Fsp3) is 0.143. The molecule has 0 fully saturated rings. The number of carbonyl (C=O) groups is 1. The van der Waals surface area contributed by atoms with Crippen molar-refractivity contribution in [2.75, 3.05) is 0 Å². The van der Waals surface area contributed by atoms with Gasteiger partial charge in [0.25, 0.3) is 5.91 Å². The van der Waals surface area contributed by atoms with Gasteiger partial charge in [-0.2, -0.15) is 0 Å². The minimum absolute atomic E-state index is 0.161. The highest BCUT2D eigenvalue weighted by atomic mass is 79.9. The van der Waals surface area contributed by atoms with Gasteiger partial charge in [0.15, 0.2) is 0 Å². The van der Waals surface area contributed by atoms with Crippen LogP contribution in [0.4, 0.5) is 0 Å². The summed E-state index contributed by atoms with van der Waals surface area (Å²) in [6.07, 6.45) is 3.49. The molecule has 0 aliphatic carbocycles. The third kappa shape index (κ3) is 3.55. The number of pyridine rings is 1. The van der Waals surface area contributed by atoms with Crippen molar-refractivity contribution in [3.05, 3.63) is 62.8 Å². The third-order valence-corrected chi connectivity index (χ3v) is 3.68. The summed E-state index contributed by atoms with van der Waals surface area (Å²) in [6.45, 7) is 2.43. The number of benzene rings is 1. The smallest absolute Gasteiger partial charge is 0.252 e. The van der Waals surface area contributed by atoms with Crippen molar-refractivity contribution in [2.45, 2.75) is 13.5 Å². The van der Waals surface area contributed by atoms with Gasteiger partial charge in [0.05, 0.1) is 5.56 Å². The molecule has 0 saturated heterocycles. The Morgan fingerprint density at radius 2 is 2.21 bits per heavy atom. The van der Waals surface area contributed by atoms with Gasteiger partial charge in [0.2, 0.25) is 0 Å². The van der Waals surface area contributed by atoms with E-state index in [4.69, 9.17) is 11.6 Å². The maximum Gasteiger partial charge on any atom is 0.252 e. The highest BCUT2D eigenvalue weighted by Gasteiger charge is 2.10. The van der Waals surface area contributed by atoms with Crippen LogP contribution in [0.1, 0.15) is 21.5 Å². The predicted octanol–water partition coefficient (Wildman–Crippen LogP) is 3.74. The summed E-state index contributed by atoms with van der Waals surface area (Å²) >= 11 is 9.24. The zero-order valence-corrected chi connectivity index (χ0v) is 12.6. The first-order valence-corrected chi connectivity index (χ1v) is 6.88. The molecule has 0 atom stereocenters. The molecule has 0 aliphatic heterocycles. The molecule has 0 saturated carbocycles. The zero-order chi connectivity index (χ0) is 13.8. The van der Waals surface area contributed by atoms with Crippen LogP contribution in [0.5, 0.6) is 0 Å². The highest BCUT2D eigenvalue weighted by molar-refractivity contribution is 9.10. The Bertz CT molecular complexity index is 616. The van der Waals surface area contributed by atoms with Crippen LogP contribution < -0.4 is 5.32 Å². The number of halogens is 2. The van der Waals surface area contributed by atoms with E-state index in [0.717, 1.165) is 15.6 Å². The number of rotatable bonds is 3. The van der Waals surface area contributed by atoms with E-state index in [2.05, 4.69) is 26.2 Å². The maximum atomic E-state index is 12.1. The summed E-state index contributed by atoms with van der Waals surface area (Å²) in [5.74, 6) is -0.161. The monoisotopic (exact) mass is 338 g/mol. The first kappa shape index (κ1) is 14.0. The van der Waals surface area contributed by atoms with Crippen molar-refractivity contribution in [2.24, 2.45) is 0 Å². The van der Waals surface area contributed by atoms with E-state index in [1.807, 2.05) is 13.0 Å². The van der Waals surface area contributed by atoms with Gasteiger partial charge in [0, 0.05) is 28.4 Å². The van der Waals surface area contributed by atoms with E-state index in [9.17, 15) is 4.79 Å². The largest absolute Gasteiger partial charge is 0.348 e.